The van der Waals surface area contributed by atoms with Crippen molar-refractivity contribution in [2.75, 3.05) is 7.11 Å². The molecule has 0 aliphatic heterocycles. The lowest BCUT2D eigenvalue weighted by Gasteiger charge is -2.36. The van der Waals surface area contributed by atoms with Crippen molar-refractivity contribution in [3.63, 3.8) is 0 Å². The SMILES string of the molecule is COC(=O)c1ccc([C@@H](Cc2cccc(CCc3ccccc3)c2)[C@@H](C)N(Cc2ccc3ccccc3c2)C(=O)C[C@H](CC(=O)O)C(=O)O)cc1. The first-order chi connectivity index (χ1) is 24.6. The van der Waals surface area contributed by atoms with E-state index >= 15 is 0 Å². The molecule has 262 valence electrons. The fourth-order valence-electron chi connectivity index (χ4n) is 6.65. The number of benzene rings is 5. The highest BCUT2D eigenvalue weighted by Crippen LogP contribution is 2.31. The zero-order chi connectivity index (χ0) is 36.3. The number of carboxylic acids is 2. The quantitative estimate of drug-likeness (QED) is 0.102. The normalized spacial score (nSPS) is 12.8. The molecule has 3 atom stereocenters. The van der Waals surface area contributed by atoms with Gasteiger partial charge in [-0.25, -0.2) is 4.79 Å². The van der Waals surface area contributed by atoms with Crippen LogP contribution in [0.3, 0.4) is 0 Å². The van der Waals surface area contributed by atoms with Crippen molar-refractivity contribution in [3.8, 4) is 0 Å². The molecule has 5 aromatic carbocycles. The van der Waals surface area contributed by atoms with Gasteiger partial charge >= 0.3 is 17.9 Å². The maximum atomic E-state index is 14.2. The van der Waals surface area contributed by atoms with Gasteiger partial charge in [0, 0.05) is 24.9 Å². The highest BCUT2D eigenvalue weighted by molar-refractivity contribution is 5.89. The number of amides is 1. The number of methoxy groups -OCH3 is 1. The van der Waals surface area contributed by atoms with Gasteiger partial charge in [-0.1, -0.05) is 103 Å². The molecule has 8 nitrogen and oxygen atoms in total. The fraction of sp³-hybridized carbons (Fsp3) is 0.256. The molecular weight excluding hydrogens is 642 g/mol. The Labute approximate surface area is 298 Å². The van der Waals surface area contributed by atoms with Gasteiger partial charge in [0.2, 0.25) is 5.91 Å². The summed E-state index contributed by atoms with van der Waals surface area (Å²) >= 11 is 0. The first-order valence-corrected chi connectivity index (χ1v) is 17.1. The zero-order valence-corrected chi connectivity index (χ0v) is 28.9. The molecule has 0 fully saturated rings. The molecule has 51 heavy (non-hydrogen) atoms. The van der Waals surface area contributed by atoms with E-state index in [0.29, 0.717) is 12.0 Å². The largest absolute Gasteiger partial charge is 0.481 e. The number of aliphatic carboxylic acids is 2. The van der Waals surface area contributed by atoms with E-state index in [1.165, 1.54) is 18.2 Å². The van der Waals surface area contributed by atoms with Crippen molar-refractivity contribution in [3.05, 3.63) is 155 Å². The lowest BCUT2D eigenvalue weighted by atomic mass is 9.84. The van der Waals surface area contributed by atoms with Crippen LogP contribution in [-0.2, 0) is 44.9 Å². The highest BCUT2D eigenvalue weighted by atomic mass is 16.5. The molecule has 0 aliphatic carbocycles. The van der Waals surface area contributed by atoms with Crippen LogP contribution in [0.25, 0.3) is 10.8 Å². The Hall–Kier alpha value is -5.76. The number of carbonyl (C=O) groups excluding carboxylic acids is 2. The van der Waals surface area contributed by atoms with Crippen LogP contribution < -0.4 is 0 Å². The lowest BCUT2D eigenvalue weighted by Crippen LogP contribution is -2.43. The van der Waals surface area contributed by atoms with E-state index in [-0.39, 0.29) is 12.5 Å². The van der Waals surface area contributed by atoms with E-state index in [9.17, 15) is 29.4 Å². The number of rotatable bonds is 16. The van der Waals surface area contributed by atoms with Crippen molar-refractivity contribution >= 4 is 34.6 Å². The van der Waals surface area contributed by atoms with Crippen LogP contribution in [0, 0.1) is 5.92 Å². The van der Waals surface area contributed by atoms with E-state index in [0.717, 1.165) is 40.3 Å². The topological polar surface area (TPSA) is 121 Å². The maximum absolute atomic E-state index is 14.2. The van der Waals surface area contributed by atoms with Gasteiger partial charge in [0.05, 0.1) is 25.0 Å². The minimum atomic E-state index is -1.37. The van der Waals surface area contributed by atoms with Gasteiger partial charge in [-0.05, 0) is 83.0 Å². The summed E-state index contributed by atoms with van der Waals surface area (Å²) in [6.45, 7) is 2.14. The van der Waals surface area contributed by atoms with E-state index in [1.54, 1.807) is 17.0 Å². The van der Waals surface area contributed by atoms with Crippen LogP contribution in [0.4, 0.5) is 0 Å². The number of hydrogen-bond donors (Lipinski definition) is 2. The lowest BCUT2D eigenvalue weighted by molar-refractivity contribution is -0.151. The number of fused-ring (bicyclic) bond motifs is 1. The summed E-state index contributed by atoms with van der Waals surface area (Å²) in [6.07, 6.45) is 1.19. The molecule has 0 aliphatic rings. The van der Waals surface area contributed by atoms with E-state index in [4.69, 9.17) is 4.74 Å². The molecule has 5 rings (SSSR count). The highest BCUT2D eigenvalue weighted by Gasteiger charge is 2.33. The molecule has 2 N–H and O–H groups in total. The third-order valence-corrected chi connectivity index (χ3v) is 9.50. The summed E-state index contributed by atoms with van der Waals surface area (Å²) < 4.78 is 4.92. The van der Waals surface area contributed by atoms with Crippen LogP contribution >= 0.6 is 0 Å². The van der Waals surface area contributed by atoms with Crippen molar-refractivity contribution in [2.24, 2.45) is 5.92 Å². The minimum absolute atomic E-state index is 0.193. The predicted octanol–water partition coefficient (Wildman–Crippen LogP) is 7.72. The Morgan fingerprint density at radius 3 is 2.00 bits per heavy atom. The molecule has 1 amide bonds. The number of carboxylic acid groups (broad SMARTS) is 2. The third-order valence-electron chi connectivity index (χ3n) is 9.50. The van der Waals surface area contributed by atoms with Crippen molar-refractivity contribution in [1.82, 2.24) is 4.90 Å². The standard InChI is InChI=1S/C43H43NO7/c1-29(44(40(45)26-38(42(48)49)27-41(46)47)28-33-17-18-34-13-6-7-14-37(34)24-33)39(35-19-21-36(22-20-35)43(50)51-2)25-32-12-8-11-31(23-32)16-15-30-9-4-3-5-10-30/h3-14,17-24,29,38-39H,15-16,25-28H2,1-2H3,(H,46,47)(H,48,49)/t29-,38-,39+/m1/s1. The molecule has 0 saturated carbocycles. The number of esters is 1. The van der Waals surface area contributed by atoms with Crippen LogP contribution in [0.15, 0.2) is 121 Å². The average molecular weight is 686 g/mol. The minimum Gasteiger partial charge on any atom is -0.481 e. The number of carbonyl (C=O) groups is 4. The molecule has 0 spiro atoms. The summed E-state index contributed by atoms with van der Waals surface area (Å²) in [5.41, 5.74) is 5.67. The molecule has 0 bridgehead atoms. The van der Waals surface area contributed by atoms with Gasteiger partial charge in [0.15, 0.2) is 0 Å². The van der Waals surface area contributed by atoms with Gasteiger partial charge in [-0.15, -0.1) is 0 Å². The van der Waals surface area contributed by atoms with Gasteiger partial charge in [-0.2, -0.15) is 0 Å². The molecule has 0 radical (unpaired) electrons. The zero-order valence-electron chi connectivity index (χ0n) is 28.9. The number of ether oxygens (including phenoxy) is 1. The Morgan fingerprint density at radius 1 is 0.667 bits per heavy atom. The number of hydrogen-bond acceptors (Lipinski definition) is 5. The second-order valence-electron chi connectivity index (χ2n) is 13.0. The van der Waals surface area contributed by atoms with Crippen LogP contribution in [0.2, 0.25) is 0 Å². The van der Waals surface area contributed by atoms with E-state index in [1.807, 2.05) is 85.8 Å². The monoisotopic (exact) mass is 685 g/mol. The Bertz CT molecular complexity index is 1970. The number of nitrogens with zero attached hydrogens (tertiary/aromatic N) is 1. The molecule has 8 heteroatoms. The van der Waals surface area contributed by atoms with E-state index in [2.05, 4.69) is 30.3 Å². The van der Waals surface area contributed by atoms with E-state index < -0.39 is 48.6 Å². The summed E-state index contributed by atoms with van der Waals surface area (Å²) in [5, 5.41) is 21.3. The molecule has 0 heterocycles. The molecule has 0 unspecified atom stereocenters. The molecule has 5 aromatic rings. The average Bonchev–Trinajstić information content (AvgIpc) is 3.14. The van der Waals surface area contributed by atoms with Crippen molar-refractivity contribution in [1.29, 1.82) is 0 Å². The Morgan fingerprint density at radius 2 is 1.31 bits per heavy atom. The van der Waals surface area contributed by atoms with Crippen LogP contribution in [0.5, 0.6) is 0 Å². The Kier molecular flexibility index (Phi) is 12.4. The van der Waals surface area contributed by atoms with Crippen LogP contribution in [-0.4, -0.2) is 52.1 Å². The van der Waals surface area contributed by atoms with Gasteiger partial charge in [-0.3, -0.25) is 14.4 Å². The van der Waals surface area contributed by atoms with Crippen molar-refractivity contribution < 1.29 is 34.1 Å². The smallest absolute Gasteiger partial charge is 0.337 e. The number of aryl methyl sites for hydroxylation is 2. The summed E-state index contributed by atoms with van der Waals surface area (Å²) in [5.74, 6) is -5.15. The third kappa shape index (κ3) is 9.91. The van der Waals surface area contributed by atoms with Gasteiger partial charge < -0.3 is 19.8 Å². The second-order valence-corrected chi connectivity index (χ2v) is 13.0. The maximum Gasteiger partial charge on any atom is 0.337 e. The van der Waals surface area contributed by atoms with Gasteiger partial charge in [0.1, 0.15) is 0 Å². The van der Waals surface area contributed by atoms with Crippen molar-refractivity contribution in [2.45, 2.75) is 57.5 Å². The van der Waals surface area contributed by atoms with Crippen LogP contribution in [0.1, 0.15) is 63.9 Å². The molecular formula is C43H43NO7. The molecule has 0 aromatic heterocycles. The second kappa shape index (κ2) is 17.3. The fourth-order valence-corrected chi connectivity index (χ4v) is 6.65. The first-order valence-electron chi connectivity index (χ1n) is 17.1. The summed E-state index contributed by atoms with van der Waals surface area (Å²) in [6, 6.07) is 39.3. The summed E-state index contributed by atoms with van der Waals surface area (Å²) in [4.78, 5) is 51.8. The molecule has 0 saturated heterocycles. The first kappa shape index (κ1) is 36.5. The summed E-state index contributed by atoms with van der Waals surface area (Å²) in [7, 11) is 1.33. The Balaban J connectivity index is 1.51. The predicted molar refractivity (Wildman–Crippen MR) is 196 cm³/mol. The van der Waals surface area contributed by atoms with Gasteiger partial charge in [0.25, 0.3) is 0 Å².